The van der Waals surface area contributed by atoms with E-state index in [1.807, 2.05) is 51.1 Å². The van der Waals surface area contributed by atoms with E-state index in [1.165, 1.54) is 4.31 Å². The number of carbonyl (C=O) groups is 2. The van der Waals surface area contributed by atoms with Crippen LogP contribution in [-0.2, 0) is 37.3 Å². The summed E-state index contributed by atoms with van der Waals surface area (Å²) in [5, 5.41) is 0. The van der Waals surface area contributed by atoms with Gasteiger partial charge in [-0.1, -0.05) is 19.9 Å². The molecule has 1 aromatic carbocycles. The lowest BCUT2D eigenvalue weighted by atomic mass is 9.70. The molecule has 3 aliphatic rings. The number of thiophene rings is 1. The lowest BCUT2D eigenvalue weighted by Crippen LogP contribution is -2.51. The molecule has 2 heterocycles. The highest BCUT2D eigenvalue weighted by atomic mass is 32.2. The van der Waals surface area contributed by atoms with Crippen molar-refractivity contribution in [2.24, 2.45) is 16.7 Å². The molecule has 3 fully saturated rings. The van der Waals surface area contributed by atoms with Crippen LogP contribution in [0.5, 0.6) is 11.5 Å². The average Bonchev–Trinajstić information content (AvgIpc) is 3.74. The number of hydrogen-bond acceptors (Lipinski definition) is 8. The molecule has 3 atom stereocenters. The number of rotatable bonds is 14. The first-order valence-corrected chi connectivity index (χ1v) is 18.0. The smallest absolute Gasteiger partial charge is 0.238 e. The molecule has 0 radical (unpaired) electrons. The molecular weight excluding hydrogens is 601 g/mol. The lowest BCUT2D eigenvalue weighted by Gasteiger charge is -2.38. The molecule has 1 amide bonds. The van der Waals surface area contributed by atoms with Gasteiger partial charge < -0.3 is 19.1 Å². The summed E-state index contributed by atoms with van der Waals surface area (Å²) in [5.74, 6) is 0.985. The van der Waals surface area contributed by atoms with Crippen molar-refractivity contribution in [1.82, 2.24) is 9.21 Å². The summed E-state index contributed by atoms with van der Waals surface area (Å²) in [5.41, 5.74) is -0.321. The summed E-state index contributed by atoms with van der Waals surface area (Å²) >= 11 is 1.63. The monoisotopic (exact) mass is 646 g/mol. The van der Waals surface area contributed by atoms with Crippen LogP contribution in [0.25, 0.3) is 0 Å². The molecule has 2 saturated carbocycles. The largest absolute Gasteiger partial charge is 0.493 e. The molecule has 44 heavy (non-hydrogen) atoms. The van der Waals surface area contributed by atoms with E-state index in [9.17, 15) is 18.0 Å². The van der Waals surface area contributed by atoms with E-state index in [0.717, 1.165) is 34.6 Å². The predicted octanol–water partition coefficient (Wildman–Crippen LogP) is 4.85. The fourth-order valence-electron chi connectivity index (χ4n) is 7.40. The van der Waals surface area contributed by atoms with Gasteiger partial charge in [-0.2, -0.15) is 4.31 Å². The maximum Gasteiger partial charge on any atom is 0.238 e. The number of aryl methyl sites for hydroxylation is 1. The number of ketones is 1. The minimum absolute atomic E-state index is 0.0512. The second-order valence-corrected chi connectivity index (χ2v) is 16.5. The Morgan fingerprint density at radius 2 is 1.89 bits per heavy atom. The number of benzene rings is 1. The normalized spacial score (nSPS) is 24.3. The van der Waals surface area contributed by atoms with Gasteiger partial charge in [0.15, 0.2) is 11.5 Å². The Morgan fingerprint density at radius 3 is 2.48 bits per heavy atom. The highest BCUT2D eigenvalue weighted by Crippen LogP contribution is 2.64. The maximum absolute atomic E-state index is 14.2. The van der Waals surface area contributed by atoms with E-state index in [-0.39, 0.29) is 48.0 Å². The molecule has 5 rings (SSSR count). The molecule has 242 valence electrons. The van der Waals surface area contributed by atoms with Crippen LogP contribution in [0.3, 0.4) is 0 Å². The highest BCUT2D eigenvalue weighted by molar-refractivity contribution is 7.89. The minimum Gasteiger partial charge on any atom is -0.493 e. The second kappa shape index (κ2) is 13.1. The van der Waals surface area contributed by atoms with Crippen molar-refractivity contribution in [3.63, 3.8) is 0 Å². The SMILES string of the molecule is COc1ccc(CCN(Cc2ccc(C)s2)C(=O)CN(CC2CCCO2)S(=O)(=O)CC23CCC(CC2=O)C3(C)C)cc1OC. The van der Waals surface area contributed by atoms with E-state index >= 15 is 0 Å². The topological polar surface area (TPSA) is 102 Å². The van der Waals surface area contributed by atoms with Gasteiger partial charge in [0.25, 0.3) is 0 Å². The van der Waals surface area contributed by atoms with Crippen molar-refractivity contribution < 1.29 is 32.2 Å². The van der Waals surface area contributed by atoms with E-state index in [4.69, 9.17) is 14.2 Å². The van der Waals surface area contributed by atoms with Crippen molar-refractivity contribution in [2.75, 3.05) is 46.2 Å². The molecule has 2 bridgehead atoms. The number of nitrogens with zero attached hydrogens (tertiary/aromatic N) is 2. The van der Waals surface area contributed by atoms with Crippen molar-refractivity contribution in [3.8, 4) is 11.5 Å². The van der Waals surface area contributed by atoms with Crippen LogP contribution < -0.4 is 9.47 Å². The third kappa shape index (κ3) is 6.57. The van der Waals surface area contributed by atoms with Crippen molar-refractivity contribution in [3.05, 3.63) is 45.6 Å². The van der Waals surface area contributed by atoms with Gasteiger partial charge in [0.1, 0.15) is 5.78 Å². The van der Waals surface area contributed by atoms with Gasteiger partial charge in [-0.25, -0.2) is 8.42 Å². The molecule has 9 nitrogen and oxygen atoms in total. The van der Waals surface area contributed by atoms with Gasteiger partial charge in [-0.15, -0.1) is 11.3 Å². The number of carbonyl (C=O) groups excluding carboxylic acids is 2. The van der Waals surface area contributed by atoms with Crippen molar-refractivity contribution >= 4 is 33.1 Å². The fraction of sp³-hybridized carbons (Fsp3) is 0.636. The number of fused-ring (bicyclic) bond motifs is 2. The van der Waals surface area contributed by atoms with Crippen LogP contribution >= 0.6 is 11.3 Å². The van der Waals surface area contributed by atoms with Crippen molar-refractivity contribution in [2.45, 2.75) is 71.9 Å². The first-order valence-electron chi connectivity index (χ1n) is 15.6. The molecule has 3 unspecified atom stereocenters. The Balaban J connectivity index is 1.38. The van der Waals surface area contributed by atoms with Gasteiger partial charge in [0, 0.05) is 41.3 Å². The molecule has 2 aliphatic carbocycles. The molecule has 2 aromatic rings. The number of Topliss-reactive ketones (excluding diaryl/α,β-unsaturated/α-hetero) is 1. The molecule has 11 heteroatoms. The Kier molecular flexibility index (Phi) is 9.80. The third-order valence-electron chi connectivity index (χ3n) is 10.3. The van der Waals surface area contributed by atoms with Crippen LogP contribution in [-0.4, -0.2) is 81.6 Å². The molecule has 1 saturated heterocycles. The first-order chi connectivity index (χ1) is 20.9. The maximum atomic E-state index is 14.2. The lowest BCUT2D eigenvalue weighted by molar-refractivity contribution is -0.132. The van der Waals surface area contributed by atoms with Gasteiger partial charge in [0.05, 0.1) is 39.2 Å². The quantitative estimate of drug-likeness (QED) is 0.289. The zero-order valence-electron chi connectivity index (χ0n) is 26.6. The van der Waals surface area contributed by atoms with Crippen LogP contribution in [0.15, 0.2) is 30.3 Å². The van der Waals surface area contributed by atoms with Crippen LogP contribution in [0.2, 0.25) is 0 Å². The van der Waals surface area contributed by atoms with Gasteiger partial charge in [-0.05, 0) is 80.2 Å². The molecule has 0 spiro atoms. The molecule has 1 aliphatic heterocycles. The summed E-state index contributed by atoms with van der Waals surface area (Å²) in [4.78, 5) is 31.3. The van der Waals surface area contributed by atoms with E-state index in [1.54, 1.807) is 30.5 Å². The fourth-order valence-corrected chi connectivity index (χ4v) is 10.5. The van der Waals surface area contributed by atoms with Gasteiger partial charge >= 0.3 is 0 Å². The van der Waals surface area contributed by atoms with Crippen molar-refractivity contribution in [1.29, 1.82) is 0 Å². The number of hydrogen-bond donors (Lipinski definition) is 0. The van der Waals surface area contributed by atoms with E-state index < -0.39 is 15.4 Å². The molecule has 0 N–H and O–H groups in total. The Morgan fingerprint density at radius 1 is 1.11 bits per heavy atom. The van der Waals surface area contributed by atoms with Crippen LogP contribution in [0.4, 0.5) is 0 Å². The number of methoxy groups -OCH3 is 2. The summed E-state index contributed by atoms with van der Waals surface area (Å²) in [7, 11) is -0.788. The minimum atomic E-state index is -3.97. The Bertz CT molecular complexity index is 1460. The average molecular weight is 647 g/mol. The standard InChI is InChI=1S/C33H46N2O7S2/c1-23-8-10-27(43-23)20-34(15-13-24-9-11-28(40-4)29(17-24)41-5)31(37)21-35(19-26-7-6-16-42-26)44(38,39)22-33-14-12-25(18-30(33)36)32(33,2)3/h8-11,17,25-26H,6-7,12-16,18-22H2,1-5H3. The Hall–Kier alpha value is -2.47. The predicted molar refractivity (Wildman–Crippen MR) is 171 cm³/mol. The van der Waals surface area contributed by atoms with E-state index in [0.29, 0.717) is 50.5 Å². The number of amides is 1. The number of sulfonamides is 1. The summed E-state index contributed by atoms with van der Waals surface area (Å²) < 4.78 is 46.5. The van der Waals surface area contributed by atoms with E-state index in [2.05, 4.69) is 0 Å². The van der Waals surface area contributed by atoms with Gasteiger partial charge in [-0.3, -0.25) is 9.59 Å². The molecule has 1 aromatic heterocycles. The van der Waals surface area contributed by atoms with Gasteiger partial charge in [0.2, 0.25) is 15.9 Å². The number of ether oxygens (including phenoxy) is 3. The molecular formula is C33H46N2O7S2. The second-order valence-electron chi connectivity index (χ2n) is 13.1. The zero-order valence-corrected chi connectivity index (χ0v) is 28.2. The van der Waals surface area contributed by atoms with Crippen LogP contribution in [0, 0.1) is 23.7 Å². The third-order valence-corrected chi connectivity index (χ3v) is 13.2. The van der Waals surface area contributed by atoms with Crippen LogP contribution in [0.1, 0.15) is 61.3 Å². The highest BCUT2D eigenvalue weighted by Gasteiger charge is 2.65. The summed E-state index contributed by atoms with van der Waals surface area (Å²) in [6.07, 6.45) is 3.79. The summed E-state index contributed by atoms with van der Waals surface area (Å²) in [6.45, 7) is 7.30. The first kappa shape index (κ1) is 32.9. The zero-order chi connectivity index (χ0) is 31.7. The summed E-state index contributed by atoms with van der Waals surface area (Å²) in [6, 6.07) is 9.74. The Labute approximate surface area is 265 Å².